The van der Waals surface area contributed by atoms with Crippen LogP contribution in [0.5, 0.6) is 0 Å². The number of carbonyl (C=O) groups excluding carboxylic acids is 2. The van der Waals surface area contributed by atoms with Gasteiger partial charge in [0.25, 0.3) is 0 Å². The number of hydrogen-bond acceptors (Lipinski definition) is 6. The van der Waals surface area contributed by atoms with Crippen molar-refractivity contribution in [1.82, 2.24) is 0 Å². The lowest BCUT2D eigenvalue weighted by Crippen LogP contribution is -2.58. The molecule has 16 heteroatoms. The number of alkyl halides is 7. The predicted molar refractivity (Wildman–Crippen MR) is 96.9 cm³/mol. The third kappa shape index (κ3) is 6.50. The second-order valence-electron chi connectivity index (χ2n) is 6.64. The van der Waals surface area contributed by atoms with Crippen molar-refractivity contribution in [2.75, 3.05) is 6.61 Å². The molecule has 0 aliphatic carbocycles. The minimum Gasteiger partial charge on any atom is -0.411 e. The van der Waals surface area contributed by atoms with Crippen LogP contribution in [0.1, 0.15) is 18.4 Å². The number of esters is 1. The predicted octanol–water partition coefficient (Wildman–Crippen LogP) is 4.00. The lowest BCUT2D eigenvalue weighted by molar-refractivity contribution is -0.346. The van der Waals surface area contributed by atoms with Crippen molar-refractivity contribution >= 4 is 21.9 Å². The molecular weight excluding hydrogens is 512 g/mol. The standard InChI is InChI=1S/C18H16F8O7S/c1-11(19)14(28)33-16(17(22,23)24,13(27)10-12-6-3-2-4-7-12)32-9-5-8-15(20,21)18(25,26)34(29,30)31/h2-4,6-7H,1,5,8-10H2,(H,29,30,31). The van der Waals surface area contributed by atoms with Crippen molar-refractivity contribution in [3.8, 4) is 0 Å². The maximum absolute atomic E-state index is 13.8. The lowest BCUT2D eigenvalue weighted by atomic mass is 10.0. The van der Waals surface area contributed by atoms with Crippen LogP contribution in [0.3, 0.4) is 0 Å². The van der Waals surface area contributed by atoms with Crippen molar-refractivity contribution in [3.63, 3.8) is 0 Å². The molecule has 0 aromatic heterocycles. The van der Waals surface area contributed by atoms with Gasteiger partial charge in [-0.05, 0) is 12.0 Å². The van der Waals surface area contributed by atoms with Crippen LogP contribution in [0, 0.1) is 0 Å². The highest BCUT2D eigenvalue weighted by atomic mass is 32.2. The van der Waals surface area contributed by atoms with E-state index >= 15 is 0 Å². The first-order valence-electron chi connectivity index (χ1n) is 8.87. The minimum absolute atomic E-state index is 0.0563. The molecule has 0 aliphatic rings. The van der Waals surface area contributed by atoms with E-state index in [1.807, 2.05) is 0 Å². The van der Waals surface area contributed by atoms with Gasteiger partial charge >= 0.3 is 39.2 Å². The average Bonchev–Trinajstić information content (AvgIpc) is 2.68. The molecule has 0 spiro atoms. The van der Waals surface area contributed by atoms with Crippen LogP contribution in [0.15, 0.2) is 42.7 Å². The zero-order valence-electron chi connectivity index (χ0n) is 16.8. The van der Waals surface area contributed by atoms with Gasteiger partial charge in [0.2, 0.25) is 11.6 Å². The van der Waals surface area contributed by atoms with Gasteiger partial charge in [0.05, 0.1) is 6.61 Å². The zero-order valence-corrected chi connectivity index (χ0v) is 17.6. The first-order valence-corrected chi connectivity index (χ1v) is 10.3. The number of hydrogen-bond donors (Lipinski definition) is 1. The number of ketones is 1. The largest absolute Gasteiger partial charge is 0.464 e. The van der Waals surface area contributed by atoms with Crippen molar-refractivity contribution in [2.24, 2.45) is 0 Å². The van der Waals surface area contributed by atoms with Gasteiger partial charge in [0.1, 0.15) is 0 Å². The lowest BCUT2D eigenvalue weighted by Gasteiger charge is -2.33. The van der Waals surface area contributed by atoms with Crippen LogP contribution in [0.4, 0.5) is 35.1 Å². The summed E-state index contributed by atoms with van der Waals surface area (Å²) in [7, 11) is -6.60. The topological polar surface area (TPSA) is 107 Å². The third-order valence-electron chi connectivity index (χ3n) is 4.10. The zero-order chi connectivity index (χ0) is 26.6. The minimum atomic E-state index is -6.60. The first-order chi connectivity index (χ1) is 15.3. The van der Waals surface area contributed by atoms with Crippen molar-refractivity contribution < 1.29 is 67.2 Å². The third-order valence-corrected chi connectivity index (χ3v) is 5.04. The summed E-state index contributed by atoms with van der Waals surface area (Å²) in [6.45, 7) is 0.783. The van der Waals surface area contributed by atoms with E-state index in [0.717, 1.165) is 0 Å². The molecule has 34 heavy (non-hydrogen) atoms. The second kappa shape index (κ2) is 10.4. The van der Waals surface area contributed by atoms with Gasteiger partial charge in [-0.2, -0.15) is 43.5 Å². The number of ether oxygens (including phenoxy) is 2. The Morgan fingerprint density at radius 3 is 1.97 bits per heavy atom. The van der Waals surface area contributed by atoms with Gasteiger partial charge in [0.15, 0.2) is 0 Å². The van der Waals surface area contributed by atoms with Gasteiger partial charge in [-0.1, -0.05) is 36.9 Å². The van der Waals surface area contributed by atoms with Crippen LogP contribution >= 0.6 is 0 Å². The van der Waals surface area contributed by atoms with Crippen LogP contribution in [0.25, 0.3) is 0 Å². The summed E-state index contributed by atoms with van der Waals surface area (Å²) in [5, 5.41) is -6.00. The molecule has 7 nitrogen and oxygen atoms in total. The van der Waals surface area contributed by atoms with Crippen LogP contribution in [-0.4, -0.2) is 54.5 Å². The maximum atomic E-state index is 13.8. The molecule has 1 atom stereocenters. The molecule has 1 rings (SSSR count). The van der Waals surface area contributed by atoms with Crippen LogP contribution < -0.4 is 0 Å². The smallest absolute Gasteiger partial charge is 0.411 e. The summed E-state index contributed by atoms with van der Waals surface area (Å²) in [5.41, 5.74) is -0.0563. The quantitative estimate of drug-likeness (QED) is 0.109. The monoisotopic (exact) mass is 528 g/mol. The van der Waals surface area contributed by atoms with E-state index in [4.69, 9.17) is 4.55 Å². The second-order valence-corrected chi connectivity index (χ2v) is 8.11. The Hall–Kier alpha value is -2.59. The molecule has 192 valence electrons. The Bertz CT molecular complexity index is 1010. The Balaban J connectivity index is 3.21. The SMILES string of the molecule is C=C(F)C(=O)OC(OCCCC(F)(F)C(F)(F)S(=O)(=O)O)(C(=O)Cc1ccccc1)C(F)(F)F. The van der Waals surface area contributed by atoms with Crippen molar-refractivity contribution in [2.45, 2.75) is 42.4 Å². The Kier molecular flexibility index (Phi) is 8.96. The van der Waals surface area contributed by atoms with Gasteiger partial charge in [-0.15, -0.1) is 0 Å². The van der Waals surface area contributed by atoms with E-state index in [9.17, 15) is 53.1 Å². The summed E-state index contributed by atoms with van der Waals surface area (Å²) in [4.78, 5) is 23.9. The van der Waals surface area contributed by atoms with Gasteiger partial charge < -0.3 is 9.47 Å². The molecular formula is C18H16F8O7S. The van der Waals surface area contributed by atoms with E-state index < -0.39 is 76.7 Å². The number of halogens is 8. The summed E-state index contributed by atoms with van der Waals surface area (Å²) >= 11 is 0. The molecule has 0 fully saturated rings. The Labute approximate surface area is 187 Å². The van der Waals surface area contributed by atoms with Gasteiger partial charge in [0, 0.05) is 12.8 Å². The molecule has 0 saturated heterocycles. The molecule has 0 amide bonds. The molecule has 1 N–H and O–H groups in total. The number of Topliss-reactive ketones (excluding diaryl/α,β-unsaturated/α-hetero) is 1. The fraction of sp³-hybridized carbons (Fsp3) is 0.444. The first kappa shape index (κ1) is 29.4. The summed E-state index contributed by atoms with van der Waals surface area (Å²) in [5.74, 6) is -16.5. The molecule has 0 saturated carbocycles. The highest BCUT2D eigenvalue weighted by Gasteiger charge is 2.67. The summed E-state index contributed by atoms with van der Waals surface area (Å²) < 4.78 is 145. The summed E-state index contributed by atoms with van der Waals surface area (Å²) in [6.07, 6.45) is -10.6. The maximum Gasteiger partial charge on any atom is 0.464 e. The van der Waals surface area contributed by atoms with E-state index in [2.05, 4.69) is 16.1 Å². The molecule has 1 aromatic rings. The van der Waals surface area contributed by atoms with Crippen molar-refractivity contribution in [3.05, 3.63) is 48.3 Å². The van der Waals surface area contributed by atoms with Crippen molar-refractivity contribution in [1.29, 1.82) is 0 Å². The van der Waals surface area contributed by atoms with Crippen LogP contribution in [0.2, 0.25) is 0 Å². The molecule has 1 aromatic carbocycles. The Morgan fingerprint density at radius 1 is 1.00 bits per heavy atom. The molecule has 1 unspecified atom stereocenters. The molecule has 0 heterocycles. The Morgan fingerprint density at radius 2 is 1.53 bits per heavy atom. The van der Waals surface area contributed by atoms with E-state index in [0.29, 0.717) is 0 Å². The molecule has 0 aliphatic heterocycles. The number of benzene rings is 1. The summed E-state index contributed by atoms with van der Waals surface area (Å²) in [6, 6.07) is 6.47. The highest BCUT2D eigenvalue weighted by molar-refractivity contribution is 7.87. The number of rotatable bonds is 12. The highest BCUT2D eigenvalue weighted by Crippen LogP contribution is 2.42. The number of carbonyl (C=O) groups is 2. The normalized spacial score (nSPS) is 14.9. The van der Waals surface area contributed by atoms with E-state index in [1.165, 1.54) is 30.3 Å². The van der Waals surface area contributed by atoms with Crippen LogP contribution in [-0.2, 0) is 35.6 Å². The fourth-order valence-corrected chi connectivity index (χ4v) is 2.87. The van der Waals surface area contributed by atoms with E-state index in [-0.39, 0.29) is 5.56 Å². The van der Waals surface area contributed by atoms with Gasteiger partial charge in [-0.3, -0.25) is 9.35 Å². The van der Waals surface area contributed by atoms with Gasteiger partial charge in [-0.25, -0.2) is 4.79 Å². The molecule has 0 bridgehead atoms. The average molecular weight is 528 g/mol. The molecule has 0 radical (unpaired) electrons. The fourth-order valence-electron chi connectivity index (χ4n) is 2.39. The van der Waals surface area contributed by atoms with E-state index in [1.54, 1.807) is 0 Å².